The van der Waals surface area contributed by atoms with Crippen LogP contribution in [0.3, 0.4) is 0 Å². The van der Waals surface area contributed by atoms with E-state index in [0.717, 1.165) is 62.0 Å². The molecule has 4 unspecified atom stereocenters. The zero-order valence-corrected chi connectivity index (χ0v) is 75.4. The third-order valence-corrected chi connectivity index (χ3v) is 23.6. The molecule has 12 aromatic heterocycles. The van der Waals surface area contributed by atoms with Gasteiger partial charge in [-0.15, -0.1) is 0 Å². The standard InChI is InChI=1S/C15H20ClN5O2.C14H18ClN5O2.C13H13ClF3N5O2.C13H18ClN5O2.C12H16ClN5O2.C11H11ClF3N5O2/c1-3-15(2)13-17-10-11(20-4-7-22-8-5-20)18-14(16)19-12(10)21(13)6-9-23-15;1-14(2)12-16-9-10(19-3-6-21-7-4-19)17-13(15)18-11(9)20(12)5-8-22-14;14-12-19-9(21-1-4-23-5-2-21)7-10(20-12)22-3-6-24-8(11(22)18-7)13(15,16)17;1-3-13(2,20)11-15-8-9(16-11)17-12(14)18-10(8)19-4-6-21-7-5-19;1-12(2,19)10-14-7-8(15-10)16-11(13)17-9(7)18-3-5-20-6-4-18;12-10-18-7-5(9(19-10)20-1-3-22-4-2-20)16-8(17-7)6(21)11(13,14)15/h3-9H2,1-2H3;3-8H2,1-2H3;8H,1-6H2;20H,3-7H2,1-2H3,(H,15,16,17,18);19H,3-6H2,1-2H3,(H,14,15,16,17);6,21H,1-4H2,(H,16,17,18,19)/i;1D3,2D3;;;1D3,2D3;. The molecule has 0 spiro atoms. The molecular formula is C78H96Cl6F6N30O12. The van der Waals surface area contributed by atoms with Crippen LogP contribution in [0, 0.1) is 0 Å². The van der Waals surface area contributed by atoms with Gasteiger partial charge in [-0.1, -0.05) is 13.8 Å². The zero-order valence-electron chi connectivity index (χ0n) is 82.9. The quantitative estimate of drug-likeness (QED) is 0.0518. The normalized spacial score (nSPS) is 22.2. The summed E-state index contributed by atoms with van der Waals surface area (Å²) in [5.74, 6) is 2.70. The molecule has 21 rings (SSSR count). The van der Waals surface area contributed by atoms with E-state index in [1.165, 1.54) is 9.13 Å². The smallest absolute Gasteiger partial charge is 0.383 e. The van der Waals surface area contributed by atoms with E-state index in [9.17, 15) is 41.7 Å². The van der Waals surface area contributed by atoms with Crippen molar-refractivity contribution in [3.05, 3.63) is 66.6 Å². The van der Waals surface area contributed by atoms with Crippen LogP contribution in [0.4, 0.5) is 61.2 Å². The lowest BCUT2D eigenvalue weighted by Gasteiger charge is -2.33. The number of nitrogens with zero attached hydrogens (tertiary/aromatic N) is 27. The number of nitrogens with one attached hydrogen (secondary N) is 3. The fourth-order valence-electron chi connectivity index (χ4n) is 15.5. The predicted molar refractivity (Wildman–Crippen MR) is 473 cm³/mol. The second kappa shape index (κ2) is 39.7. The number of aromatic nitrogens is 24. The topological polar surface area (TPSA) is 457 Å². The monoisotopic (exact) mass is 1980 g/mol. The Balaban J connectivity index is 0.000000124. The van der Waals surface area contributed by atoms with E-state index in [4.69, 9.17) is 134 Å². The van der Waals surface area contributed by atoms with Gasteiger partial charge in [0.25, 0.3) is 0 Å². The number of hydrogen-bond donors (Lipinski definition) is 6. The Labute approximate surface area is 795 Å². The van der Waals surface area contributed by atoms with Gasteiger partial charge in [-0.25, -0.2) is 29.9 Å². The molecule has 9 aliphatic rings. The van der Waals surface area contributed by atoms with Crippen LogP contribution in [-0.2, 0) is 84.7 Å². The highest BCUT2D eigenvalue weighted by molar-refractivity contribution is 6.30. The molecule has 0 aromatic carbocycles. The Bertz CT molecular complexity index is 6570. The molecule has 0 bridgehead atoms. The number of aliphatic hydroxyl groups is 3. The van der Waals surface area contributed by atoms with Gasteiger partial charge in [-0.05, 0) is 124 Å². The Morgan fingerprint density at radius 2 is 0.765 bits per heavy atom. The summed E-state index contributed by atoms with van der Waals surface area (Å²) < 4.78 is 223. The third kappa shape index (κ3) is 20.8. The lowest BCUT2D eigenvalue weighted by molar-refractivity contribution is -0.233. The van der Waals surface area contributed by atoms with Gasteiger partial charge in [-0.2, -0.15) is 86.2 Å². The molecule has 714 valence electrons. The van der Waals surface area contributed by atoms with Crippen LogP contribution >= 0.6 is 69.6 Å². The number of anilines is 6. The Morgan fingerprint density at radius 3 is 1.17 bits per heavy atom. The van der Waals surface area contributed by atoms with Gasteiger partial charge in [0.2, 0.25) is 43.9 Å². The molecule has 0 aliphatic carbocycles. The van der Waals surface area contributed by atoms with Gasteiger partial charge in [0, 0.05) is 115 Å². The van der Waals surface area contributed by atoms with E-state index >= 15 is 0 Å². The average Bonchev–Trinajstić information content (AvgIpc) is 1.51. The third-order valence-electron chi connectivity index (χ3n) is 22.5. The molecule has 42 nitrogen and oxygen atoms in total. The van der Waals surface area contributed by atoms with Crippen molar-refractivity contribution < 1.29 is 101 Å². The number of halogens is 12. The number of hydrogen-bond acceptors (Lipinski definition) is 36. The van der Waals surface area contributed by atoms with Crippen LogP contribution in [-0.4, -0.2) is 324 Å². The van der Waals surface area contributed by atoms with Crippen molar-refractivity contribution in [3.8, 4) is 0 Å². The molecular weight excluding hydrogens is 1880 g/mol. The van der Waals surface area contributed by atoms with Gasteiger partial charge in [0.05, 0.1) is 99.1 Å². The summed E-state index contributed by atoms with van der Waals surface area (Å²) in [6.07, 6.45) is -12.8. The van der Waals surface area contributed by atoms with Crippen molar-refractivity contribution in [2.45, 2.75) is 135 Å². The van der Waals surface area contributed by atoms with E-state index in [-0.39, 0.29) is 97.6 Å². The summed E-state index contributed by atoms with van der Waals surface area (Å²) >= 11 is 36.0. The Morgan fingerprint density at radius 1 is 0.417 bits per heavy atom. The number of aromatic amines is 3. The maximum Gasteiger partial charge on any atom is 0.421 e. The Hall–Kier alpha value is -9.06. The molecule has 0 saturated carbocycles. The molecule has 6 saturated heterocycles. The number of alkyl halides is 6. The van der Waals surface area contributed by atoms with E-state index in [1.54, 1.807) is 11.8 Å². The first-order chi connectivity index (χ1) is 67.9. The molecule has 0 amide bonds. The number of rotatable bonds is 11. The van der Waals surface area contributed by atoms with Crippen molar-refractivity contribution in [1.82, 2.24) is 118 Å². The number of H-pyrrole nitrogens is 3. The predicted octanol–water partition coefficient (Wildman–Crippen LogP) is 9.47. The number of morpholine rings is 6. The van der Waals surface area contributed by atoms with Crippen molar-refractivity contribution >= 4 is 171 Å². The molecule has 54 heteroatoms. The highest BCUT2D eigenvalue weighted by Crippen LogP contribution is 2.43. The second-order valence-corrected chi connectivity index (χ2v) is 33.3. The van der Waals surface area contributed by atoms with E-state index < -0.39 is 86.0 Å². The first-order valence-corrected chi connectivity index (χ1v) is 44.0. The zero-order chi connectivity index (χ0) is 104. The lowest BCUT2D eigenvalue weighted by atomic mass is 10.0. The number of fused-ring (bicyclic) bond motifs is 12. The molecule has 6 fully saturated rings. The van der Waals surface area contributed by atoms with Crippen LogP contribution in [0.15, 0.2) is 0 Å². The largest absolute Gasteiger partial charge is 0.421 e. The highest BCUT2D eigenvalue weighted by atomic mass is 35.5. The fourth-order valence-corrected chi connectivity index (χ4v) is 16.5. The van der Waals surface area contributed by atoms with Gasteiger partial charge in [-0.3, -0.25) is 0 Å². The van der Waals surface area contributed by atoms with Gasteiger partial charge < -0.3 is 116 Å². The van der Waals surface area contributed by atoms with Crippen LogP contribution in [0.25, 0.3) is 67.0 Å². The minimum atomic E-state index is -4.83. The molecule has 12 aromatic rings. The number of aliphatic hydroxyl groups excluding tert-OH is 1. The number of ether oxygens (including phenoxy) is 9. The minimum Gasteiger partial charge on any atom is -0.383 e. The molecule has 4 atom stereocenters. The first-order valence-electron chi connectivity index (χ1n) is 47.7. The molecule has 9 aliphatic heterocycles. The van der Waals surface area contributed by atoms with E-state index in [0.29, 0.717) is 207 Å². The number of imidazole rings is 6. The van der Waals surface area contributed by atoms with E-state index in [2.05, 4.69) is 128 Å². The summed E-state index contributed by atoms with van der Waals surface area (Å²) in [6, 6.07) is 0. The lowest BCUT2D eigenvalue weighted by Crippen LogP contribution is -2.37. The Kier molecular flexibility index (Phi) is 24.5. The van der Waals surface area contributed by atoms with Crippen LogP contribution < -0.4 is 29.4 Å². The average molecular weight is 1980 g/mol. The molecule has 21 heterocycles. The summed E-state index contributed by atoms with van der Waals surface area (Å²) in [7, 11) is 0. The summed E-state index contributed by atoms with van der Waals surface area (Å²) in [5, 5.41) is 30.3. The van der Waals surface area contributed by atoms with E-state index in [1.807, 2.05) is 21.6 Å². The maximum atomic E-state index is 13.2. The molecule has 6 N–H and O–H groups in total. The fraction of sp³-hybridized carbons (Fsp3) is 0.615. The van der Waals surface area contributed by atoms with Gasteiger partial charge in [0.15, 0.2) is 85.3 Å². The van der Waals surface area contributed by atoms with Crippen molar-refractivity contribution in [1.29, 1.82) is 0 Å². The van der Waals surface area contributed by atoms with Crippen LogP contribution in [0.5, 0.6) is 0 Å². The molecule has 132 heavy (non-hydrogen) atoms. The summed E-state index contributed by atoms with van der Waals surface area (Å²) in [5.41, 5.74) is -2.91. The summed E-state index contributed by atoms with van der Waals surface area (Å²) in [4.78, 5) is 95.3. The van der Waals surface area contributed by atoms with Gasteiger partial charge >= 0.3 is 12.4 Å². The van der Waals surface area contributed by atoms with Gasteiger partial charge in [0.1, 0.15) is 73.9 Å². The first kappa shape index (κ1) is 81.3. The SMILES string of the molecule is CCC(C)(O)c1nc2nc(Cl)nc(N3CCOCC3)c2[nH]1.CCC1(C)OCCn2c1nc1c(N3CCOCC3)nc(Cl)nc12.FC(F)(F)C1OCCn2c1nc1c(N3CCOCC3)nc(Cl)nc12.OC(c1nc2nc(Cl)nc(N3CCOCC3)c2[nH]1)C(F)(F)F.[2H]C([2H])([2H])C(O)(c1nc2nc(Cl)nc(N3CCOCC3)c2[nH]1)C([2H])([2H])[2H].[2H]C([2H])([2H])C1(C([2H])([2H])[2H])OCCn2c1nc1c(N3CCOCC3)nc(Cl)nc12. The molecule has 0 radical (unpaired) electrons. The van der Waals surface area contributed by atoms with Crippen molar-refractivity contribution in [2.24, 2.45) is 0 Å². The van der Waals surface area contributed by atoms with Crippen LogP contribution in [0.1, 0.15) is 132 Å². The summed E-state index contributed by atoms with van der Waals surface area (Å²) in [6.45, 7) is 10.8. The second-order valence-electron chi connectivity index (χ2n) is 31.2. The van der Waals surface area contributed by atoms with Crippen molar-refractivity contribution in [3.63, 3.8) is 0 Å². The maximum absolute atomic E-state index is 13.2. The highest BCUT2D eigenvalue weighted by Gasteiger charge is 2.48. The minimum absolute atomic E-state index is 0.0262. The van der Waals surface area contributed by atoms with Crippen LogP contribution in [0.2, 0.25) is 31.7 Å². The van der Waals surface area contributed by atoms with Crippen molar-refractivity contribution in [2.75, 3.05) is 207 Å².